The smallest absolute Gasteiger partial charge is 0.542 e. The molecule has 0 bridgehead atoms. The molecule has 1 amide bonds. The maximum atomic E-state index is 13.2. The molecule has 0 saturated carbocycles. The number of Topliss-reactive ketones (excluding diaryl/α,β-unsaturated/α-hetero) is 2. The molecule has 0 unspecified atom stereocenters. The first-order valence-corrected chi connectivity index (χ1v) is 8.67. The first-order chi connectivity index (χ1) is 15.0. The van der Waals surface area contributed by atoms with E-state index in [0.29, 0.717) is 5.39 Å². The Kier molecular flexibility index (Phi) is 9.92. The number of carboxylic acids is 2. The van der Waals surface area contributed by atoms with Crippen LogP contribution in [0.2, 0.25) is 0 Å². The minimum atomic E-state index is -1.63. The van der Waals surface area contributed by atoms with Gasteiger partial charge in [-0.05, 0) is 24.3 Å². The van der Waals surface area contributed by atoms with Gasteiger partial charge in [0, 0.05) is 18.5 Å². The largest absolute Gasteiger partial charge is 1.00 e. The van der Waals surface area contributed by atoms with Gasteiger partial charge in [0.05, 0.1) is 16.8 Å². The quantitative estimate of drug-likeness (QED) is 0.337. The number of hydrogen-bond acceptors (Lipinski definition) is 7. The molecule has 0 spiro atoms. The fourth-order valence-electron chi connectivity index (χ4n) is 2.46. The van der Waals surface area contributed by atoms with Gasteiger partial charge in [0.1, 0.15) is 23.1 Å². The number of pyridine rings is 1. The van der Waals surface area contributed by atoms with Gasteiger partial charge < -0.3 is 20.3 Å². The Bertz CT molecular complexity index is 1250. The van der Waals surface area contributed by atoms with E-state index >= 15 is 0 Å². The molecular weight excluding hydrogens is 453 g/mol. The number of aliphatic carboxylic acids is 1. The van der Waals surface area contributed by atoms with Gasteiger partial charge in [0.15, 0.2) is 5.78 Å². The van der Waals surface area contributed by atoms with E-state index in [1.807, 2.05) is 0 Å². The predicted molar refractivity (Wildman–Crippen MR) is 104 cm³/mol. The van der Waals surface area contributed by atoms with E-state index in [1.54, 1.807) is 0 Å². The summed E-state index contributed by atoms with van der Waals surface area (Å²) < 4.78 is 26.0. The van der Waals surface area contributed by atoms with Crippen molar-refractivity contribution in [3.8, 4) is 0 Å². The number of halogens is 2. The summed E-state index contributed by atoms with van der Waals surface area (Å²) in [5, 5.41) is 20.5. The van der Waals surface area contributed by atoms with Gasteiger partial charge in [0.25, 0.3) is 11.7 Å². The third kappa shape index (κ3) is 6.72. The van der Waals surface area contributed by atoms with E-state index in [-0.39, 0.29) is 51.9 Å². The summed E-state index contributed by atoms with van der Waals surface area (Å²) in [5.74, 6) is -6.18. The van der Waals surface area contributed by atoms with Crippen molar-refractivity contribution in [3.05, 3.63) is 71.4 Å². The summed E-state index contributed by atoms with van der Waals surface area (Å²) in [6, 6.07) is 9.61. The Balaban J connectivity index is 0.000000263. The summed E-state index contributed by atoms with van der Waals surface area (Å²) in [6.45, 7) is 0.940. The SMILES string of the molecule is CC(=O)C(=O)[O-].O=C(O)c1ccnc2c(F)cccc12.O=C1Nc2c(F)cccc2C1=O.[Na+]. The van der Waals surface area contributed by atoms with Crippen molar-refractivity contribution in [2.75, 3.05) is 5.32 Å². The van der Waals surface area contributed by atoms with Crippen LogP contribution in [0.15, 0.2) is 48.7 Å². The number of rotatable bonds is 2. The number of benzene rings is 2. The Morgan fingerprint density at radius 1 is 1.00 bits per heavy atom. The van der Waals surface area contributed by atoms with Crippen molar-refractivity contribution in [1.82, 2.24) is 4.98 Å². The van der Waals surface area contributed by atoms with Crippen LogP contribution in [0.25, 0.3) is 10.9 Å². The Morgan fingerprint density at radius 3 is 2.12 bits per heavy atom. The minimum Gasteiger partial charge on any atom is -0.542 e. The fourth-order valence-corrected chi connectivity index (χ4v) is 2.46. The Hall–Kier alpha value is -3.54. The van der Waals surface area contributed by atoms with E-state index in [9.17, 15) is 37.9 Å². The first kappa shape index (κ1) is 27.5. The Labute approximate surface area is 206 Å². The van der Waals surface area contributed by atoms with Crippen LogP contribution in [0.4, 0.5) is 14.5 Å². The minimum absolute atomic E-state index is 0. The topological polar surface area (TPSA) is 154 Å². The zero-order valence-electron chi connectivity index (χ0n) is 17.2. The normalized spacial score (nSPS) is 11.0. The summed E-state index contributed by atoms with van der Waals surface area (Å²) in [5.41, 5.74) is 0.259. The van der Waals surface area contributed by atoms with Gasteiger partial charge >= 0.3 is 35.5 Å². The number of para-hydroxylation sites is 2. The number of carboxylic acid groups (broad SMARTS) is 2. The standard InChI is InChI=1S/C10H6FNO2.C8H4FNO2.C3H4O3.Na/c11-8-3-1-2-6-7(10(13)14)4-5-12-9(6)8;9-5-3-1-2-4-6(5)10-8(12)7(4)11;1-2(4)3(5)6;/h1-5H,(H,13,14);1-3H,(H,10,11,12);1H3,(H,5,6);/q;;;+1/p-1. The average Bonchev–Trinajstić information content (AvgIpc) is 3.04. The summed E-state index contributed by atoms with van der Waals surface area (Å²) >= 11 is 0. The number of anilines is 1. The van der Waals surface area contributed by atoms with E-state index in [1.165, 1.54) is 48.7 Å². The molecule has 2 aromatic carbocycles. The predicted octanol–water partition coefficient (Wildman–Crippen LogP) is -1.64. The number of aromatic carboxylic acids is 1. The van der Waals surface area contributed by atoms with Gasteiger partial charge in [-0.3, -0.25) is 19.4 Å². The second-order valence-electron chi connectivity index (χ2n) is 6.09. The number of aromatic nitrogens is 1. The second kappa shape index (κ2) is 11.9. The number of hydrogen-bond donors (Lipinski definition) is 2. The van der Waals surface area contributed by atoms with Crippen LogP contribution >= 0.6 is 0 Å². The molecule has 0 saturated heterocycles. The van der Waals surface area contributed by atoms with Crippen LogP contribution in [-0.2, 0) is 14.4 Å². The molecule has 9 nitrogen and oxygen atoms in total. The molecule has 2 heterocycles. The molecule has 33 heavy (non-hydrogen) atoms. The summed E-state index contributed by atoms with van der Waals surface area (Å²) in [6.07, 6.45) is 1.29. The van der Waals surface area contributed by atoms with E-state index in [4.69, 9.17) is 5.11 Å². The van der Waals surface area contributed by atoms with Crippen LogP contribution < -0.4 is 40.0 Å². The van der Waals surface area contributed by atoms with Gasteiger partial charge in [-0.15, -0.1) is 0 Å². The van der Waals surface area contributed by atoms with E-state index in [0.717, 1.165) is 6.92 Å². The molecule has 1 aliphatic heterocycles. The molecule has 1 aromatic heterocycles. The van der Waals surface area contributed by atoms with Gasteiger partial charge in [-0.25, -0.2) is 13.6 Å². The number of carbonyl (C=O) groups is 5. The van der Waals surface area contributed by atoms with Gasteiger partial charge in [-0.1, -0.05) is 18.2 Å². The van der Waals surface area contributed by atoms with Crippen molar-refractivity contribution in [3.63, 3.8) is 0 Å². The third-order valence-corrected chi connectivity index (χ3v) is 3.94. The van der Waals surface area contributed by atoms with Crippen LogP contribution in [0.1, 0.15) is 27.6 Å². The zero-order valence-corrected chi connectivity index (χ0v) is 19.2. The first-order valence-electron chi connectivity index (χ1n) is 8.67. The van der Waals surface area contributed by atoms with Gasteiger partial charge in [-0.2, -0.15) is 0 Å². The number of ketones is 2. The molecule has 12 heteroatoms. The van der Waals surface area contributed by atoms with Crippen molar-refractivity contribution in [2.45, 2.75) is 6.92 Å². The third-order valence-electron chi connectivity index (χ3n) is 3.94. The van der Waals surface area contributed by atoms with Crippen molar-refractivity contribution in [2.24, 2.45) is 0 Å². The van der Waals surface area contributed by atoms with Gasteiger partial charge in [0.2, 0.25) is 0 Å². The van der Waals surface area contributed by atoms with Crippen LogP contribution in [0.3, 0.4) is 0 Å². The molecule has 2 N–H and O–H groups in total. The number of carbonyl (C=O) groups excluding carboxylic acids is 4. The molecule has 3 aromatic rings. The summed E-state index contributed by atoms with van der Waals surface area (Å²) in [7, 11) is 0. The van der Waals surface area contributed by atoms with Crippen molar-refractivity contribution in [1.29, 1.82) is 0 Å². The molecule has 0 atom stereocenters. The van der Waals surface area contributed by atoms with Crippen LogP contribution in [-0.4, -0.2) is 39.5 Å². The van der Waals surface area contributed by atoms with Crippen molar-refractivity contribution < 1.29 is 72.5 Å². The Morgan fingerprint density at radius 2 is 1.58 bits per heavy atom. The summed E-state index contributed by atoms with van der Waals surface area (Å²) in [4.78, 5) is 55.0. The van der Waals surface area contributed by atoms with E-state index < -0.39 is 41.0 Å². The molecule has 0 aliphatic carbocycles. The molecule has 0 radical (unpaired) electrons. The molecule has 0 fully saturated rings. The van der Waals surface area contributed by atoms with Crippen molar-refractivity contribution >= 4 is 46.0 Å². The zero-order chi connectivity index (χ0) is 24.0. The second-order valence-corrected chi connectivity index (χ2v) is 6.09. The molecule has 4 rings (SSSR count). The molecular formula is C21H13F2N2NaO7. The molecule has 1 aliphatic rings. The maximum absolute atomic E-state index is 13.2. The van der Waals surface area contributed by atoms with Crippen LogP contribution in [0, 0.1) is 11.6 Å². The fraction of sp³-hybridized carbons (Fsp3) is 0.0476. The number of amides is 1. The number of nitrogens with zero attached hydrogens (tertiary/aromatic N) is 1. The van der Waals surface area contributed by atoms with Crippen LogP contribution in [0.5, 0.6) is 0 Å². The average molecular weight is 466 g/mol. The van der Waals surface area contributed by atoms with E-state index in [2.05, 4.69) is 10.3 Å². The maximum Gasteiger partial charge on any atom is 1.00 e. The number of fused-ring (bicyclic) bond motifs is 2. The number of nitrogens with one attached hydrogen (secondary N) is 1. The monoisotopic (exact) mass is 466 g/mol. The molecule has 164 valence electrons.